The number of hydrogen-bond donors (Lipinski definition) is 1. The van der Waals surface area contributed by atoms with Crippen LogP contribution in [0.15, 0.2) is 0 Å². The van der Waals surface area contributed by atoms with E-state index in [0.717, 1.165) is 6.42 Å². The van der Waals surface area contributed by atoms with Gasteiger partial charge in [0.1, 0.15) is 5.78 Å². The summed E-state index contributed by atoms with van der Waals surface area (Å²) in [4.78, 5) is 24.2. The number of hydrogen-bond acceptors (Lipinski definition) is 4. The SMILES string of the molecule is CCOC(=O)C1CC2C(=O)CC(C)(C)CC2NC1C. The van der Waals surface area contributed by atoms with Gasteiger partial charge in [0.25, 0.3) is 0 Å². The van der Waals surface area contributed by atoms with Crippen LogP contribution in [0.1, 0.15) is 47.0 Å². The fourth-order valence-corrected chi connectivity index (χ4v) is 3.59. The minimum atomic E-state index is -0.189. The molecule has 1 heterocycles. The number of ketones is 1. The van der Waals surface area contributed by atoms with Gasteiger partial charge in [-0.25, -0.2) is 0 Å². The molecule has 4 heteroatoms. The molecule has 108 valence electrons. The number of nitrogens with one attached hydrogen (secondary N) is 1. The van der Waals surface area contributed by atoms with Crippen LogP contribution in [-0.2, 0) is 14.3 Å². The number of piperidine rings is 1. The molecule has 1 N–H and O–H groups in total. The van der Waals surface area contributed by atoms with Crippen molar-refractivity contribution in [2.45, 2.75) is 59.0 Å². The largest absolute Gasteiger partial charge is 0.466 e. The quantitative estimate of drug-likeness (QED) is 0.777. The lowest BCUT2D eigenvalue weighted by Crippen LogP contribution is -2.58. The molecule has 19 heavy (non-hydrogen) atoms. The standard InChI is InChI=1S/C15H25NO3/c1-5-19-14(18)10-6-11-12(16-9(10)2)7-15(3,4)8-13(11)17/h9-12,16H,5-8H2,1-4H3. The number of carbonyl (C=O) groups excluding carboxylic acids is 2. The predicted octanol–water partition coefficient (Wildman–Crippen LogP) is 1.92. The number of Topliss-reactive ketones (excluding diaryl/α,β-unsaturated/α-hetero) is 1. The summed E-state index contributed by atoms with van der Waals surface area (Å²) in [6.07, 6.45) is 2.27. The zero-order valence-corrected chi connectivity index (χ0v) is 12.4. The van der Waals surface area contributed by atoms with Crippen LogP contribution < -0.4 is 5.32 Å². The fraction of sp³-hybridized carbons (Fsp3) is 0.867. The van der Waals surface area contributed by atoms with Crippen LogP contribution in [0.25, 0.3) is 0 Å². The predicted molar refractivity (Wildman–Crippen MR) is 72.6 cm³/mol. The van der Waals surface area contributed by atoms with E-state index in [4.69, 9.17) is 4.74 Å². The zero-order chi connectivity index (χ0) is 14.2. The van der Waals surface area contributed by atoms with E-state index >= 15 is 0 Å². The Kier molecular flexibility index (Phi) is 4.00. The van der Waals surface area contributed by atoms with E-state index in [0.29, 0.717) is 25.2 Å². The average molecular weight is 267 g/mol. The molecule has 4 nitrogen and oxygen atoms in total. The van der Waals surface area contributed by atoms with Gasteiger partial charge in [-0.05, 0) is 32.1 Å². The van der Waals surface area contributed by atoms with Gasteiger partial charge in [-0.2, -0.15) is 0 Å². The lowest BCUT2D eigenvalue weighted by atomic mass is 9.65. The Bertz CT molecular complexity index is 378. The van der Waals surface area contributed by atoms with E-state index in [1.807, 2.05) is 13.8 Å². The van der Waals surface area contributed by atoms with Gasteiger partial charge in [-0.1, -0.05) is 13.8 Å². The van der Waals surface area contributed by atoms with Gasteiger partial charge in [0.2, 0.25) is 0 Å². The minimum absolute atomic E-state index is 0.0152. The highest BCUT2D eigenvalue weighted by molar-refractivity contribution is 5.84. The van der Waals surface area contributed by atoms with E-state index in [2.05, 4.69) is 19.2 Å². The van der Waals surface area contributed by atoms with Gasteiger partial charge in [0.15, 0.2) is 0 Å². The number of fused-ring (bicyclic) bond motifs is 1. The fourth-order valence-electron chi connectivity index (χ4n) is 3.59. The second-order valence-electron chi connectivity index (χ2n) is 6.77. The molecule has 2 fully saturated rings. The van der Waals surface area contributed by atoms with Gasteiger partial charge < -0.3 is 10.1 Å². The summed E-state index contributed by atoms with van der Waals surface area (Å²) < 4.78 is 5.12. The van der Waals surface area contributed by atoms with E-state index in [1.165, 1.54) is 0 Å². The first kappa shape index (κ1) is 14.5. The number of carbonyl (C=O) groups is 2. The van der Waals surface area contributed by atoms with Crippen LogP contribution in [-0.4, -0.2) is 30.4 Å². The number of rotatable bonds is 2. The Morgan fingerprint density at radius 2 is 2.16 bits per heavy atom. The van der Waals surface area contributed by atoms with Crippen molar-refractivity contribution in [3.8, 4) is 0 Å². The maximum Gasteiger partial charge on any atom is 0.310 e. The Hall–Kier alpha value is -0.900. The molecule has 0 amide bonds. The lowest BCUT2D eigenvalue weighted by molar-refractivity contribution is -0.152. The topological polar surface area (TPSA) is 55.4 Å². The Morgan fingerprint density at radius 1 is 1.47 bits per heavy atom. The van der Waals surface area contributed by atoms with Crippen LogP contribution in [0.5, 0.6) is 0 Å². The molecule has 4 atom stereocenters. The molecule has 1 aliphatic carbocycles. The molecule has 1 saturated carbocycles. The van der Waals surface area contributed by atoms with Crippen LogP contribution >= 0.6 is 0 Å². The molecule has 1 aliphatic heterocycles. The van der Waals surface area contributed by atoms with Crippen molar-refractivity contribution in [1.29, 1.82) is 0 Å². The monoisotopic (exact) mass is 267 g/mol. The van der Waals surface area contributed by atoms with Crippen LogP contribution in [0.3, 0.4) is 0 Å². The normalized spacial score (nSPS) is 37.6. The molecular weight excluding hydrogens is 242 g/mol. The summed E-state index contributed by atoms with van der Waals surface area (Å²) in [5.41, 5.74) is 0.0712. The first-order valence-corrected chi connectivity index (χ1v) is 7.29. The maximum atomic E-state index is 12.3. The van der Waals surface area contributed by atoms with Crippen molar-refractivity contribution in [1.82, 2.24) is 5.32 Å². The van der Waals surface area contributed by atoms with Crippen molar-refractivity contribution in [3.63, 3.8) is 0 Å². The summed E-state index contributed by atoms with van der Waals surface area (Å²) >= 11 is 0. The molecule has 0 aromatic heterocycles. The number of ether oxygens (including phenoxy) is 1. The molecule has 0 spiro atoms. The maximum absolute atomic E-state index is 12.3. The minimum Gasteiger partial charge on any atom is -0.466 e. The third-order valence-corrected chi connectivity index (χ3v) is 4.50. The van der Waals surface area contributed by atoms with Crippen molar-refractivity contribution in [2.75, 3.05) is 6.61 Å². The van der Waals surface area contributed by atoms with E-state index in [-0.39, 0.29) is 35.3 Å². The Balaban J connectivity index is 2.10. The summed E-state index contributed by atoms with van der Waals surface area (Å²) in [5.74, 6) is -0.0708. The molecule has 2 rings (SSSR count). The molecule has 2 aliphatic rings. The van der Waals surface area contributed by atoms with Crippen LogP contribution in [0.2, 0.25) is 0 Å². The van der Waals surface area contributed by atoms with Crippen molar-refractivity contribution in [3.05, 3.63) is 0 Å². The highest BCUT2D eigenvalue weighted by atomic mass is 16.5. The molecule has 0 bridgehead atoms. The summed E-state index contributed by atoms with van der Waals surface area (Å²) in [5, 5.41) is 3.47. The molecule has 1 saturated heterocycles. The van der Waals surface area contributed by atoms with Crippen LogP contribution in [0, 0.1) is 17.3 Å². The second-order valence-corrected chi connectivity index (χ2v) is 6.77. The molecule has 0 aromatic carbocycles. The van der Waals surface area contributed by atoms with E-state index in [1.54, 1.807) is 0 Å². The van der Waals surface area contributed by atoms with Crippen molar-refractivity contribution >= 4 is 11.8 Å². The Morgan fingerprint density at radius 3 is 2.79 bits per heavy atom. The van der Waals surface area contributed by atoms with Crippen molar-refractivity contribution in [2.24, 2.45) is 17.3 Å². The highest BCUT2D eigenvalue weighted by Gasteiger charge is 2.47. The molecule has 0 aromatic rings. The van der Waals surface area contributed by atoms with Gasteiger partial charge in [0, 0.05) is 24.4 Å². The molecule has 4 unspecified atom stereocenters. The summed E-state index contributed by atoms with van der Waals surface area (Å²) in [7, 11) is 0. The zero-order valence-electron chi connectivity index (χ0n) is 12.4. The highest BCUT2D eigenvalue weighted by Crippen LogP contribution is 2.41. The van der Waals surface area contributed by atoms with E-state index in [9.17, 15) is 9.59 Å². The summed E-state index contributed by atoms with van der Waals surface area (Å²) in [6, 6.07) is 0.305. The third-order valence-electron chi connectivity index (χ3n) is 4.50. The average Bonchev–Trinajstić information content (AvgIpc) is 2.26. The Labute approximate surface area is 115 Å². The lowest BCUT2D eigenvalue weighted by Gasteiger charge is -2.46. The van der Waals surface area contributed by atoms with Gasteiger partial charge >= 0.3 is 5.97 Å². The molecular formula is C15H25NO3. The van der Waals surface area contributed by atoms with Gasteiger partial charge in [-0.3, -0.25) is 9.59 Å². The first-order valence-electron chi connectivity index (χ1n) is 7.29. The van der Waals surface area contributed by atoms with E-state index < -0.39 is 0 Å². The number of esters is 1. The summed E-state index contributed by atoms with van der Waals surface area (Å²) in [6.45, 7) is 8.52. The first-order chi connectivity index (χ1) is 8.84. The smallest absolute Gasteiger partial charge is 0.310 e. The second kappa shape index (κ2) is 5.23. The third kappa shape index (κ3) is 2.99. The van der Waals surface area contributed by atoms with Gasteiger partial charge in [-0.15, -0.1) is 0 Å². The van der Waals surface area contributed by atoms with Gasteiger partial charge in [0.05, 0.1) is 12.5 Å². The van der Waals surface area contributed by atoms with Crippen molar-refractivity contribution < 1.29 is 14.3 Å². The van der Waals surface area contributed by atoms with Crippen LogP contribution in [0.4, 0.5) is 0 Å². The molecule has 0 radical (unpaired) electrons.